The lowest BCUT2D eigenvalue weighted by Gasteiger charge is -2.26. The number of imide groups is 2. The van der Waals surface area contributed by atoms with Crippen LogP contribution in [0, 0.1) is 10.5 Å². The Morgan fingerprint density at radius 2 is 1.88 bits per heavy atom. The van der Waals surface area contributed by atoms with Gasteiger partial charge in [-0.05, 0) is 71.0 Å². The smallest absolute Gasteiger partial charge is 0.335 e. The molecule has 0 unspecified atom stereocenters. The first-order valence-electron chi connectivity index (χ1n) is 7.33. The standard InChI is InChI=1S/C18H13IN2O4/c1-10-3-2-4-12(7-10)21-17(24)13(16(23)20-18(21)25)8-11-5-6-15(22)14(19)9-11/h2-9,22H,1H3,(H,20,23,25). The highest BCUT2D eigenvalue weighted by molar-refractivity contribution is 14.1. The number of barbiturate groups is 1. The Kier molecular flexibility index (Phi) is 4.58. The van der Waals surface area contributed by atoms with Crippen LogP contribution in [-0.2, 0) is 9.59 Å². The van der Waals surface area contributed by atoms with Gasteiger partial charge in [0.1, 0.15) is 11.3 Å². The van der Waals surface area contributed by atoms with Crippen LogP contribution in [0.15, 0.2) is 48.0 Å². The van der Waals surface area contributed by atoms with Crippen LogP contribution in [0.3, 0.4) is 0 Å². The Hall–Kier alpha value is -2.68. The number of nitrogens with one attached hydrogen (secondary N) is 1. The molecule has 1 aliphatic heterocycles. The van der Waals surface area contributed by atoms with Crippen molar-refractivity contribution in [2.75, 3.05) is 4.90 Å². The third-order valence-corrected chi connectivity index (χ3v) is 4.51. The normalized spacial score (nSPS) is 16.3. The topological polar surface area (TPSA) is 86.7 Å². The van der Waals surface area contributed by atoms with E-state index in [1.807, 2.05) is 35.6 Å². The van der Waals surface area contributed by atoms with E-state index in [4.69, 9.17) is 0 Å². The molecule has 0 atom stereocenters. The van der Waals surface area contributed by atoms with Crippen molar-refractivity contribution in [1.29, 1.82) is 0 Å². The van der Waals surface area contributed by atoms with Gasteiger partial charge in [0.25, 0.3) is 11.8 Å². The van der Waals surface area contributed by atoms with Crippen molar-refractivity contribution in [2.45, 2.75) is 6.92 Å². The molecule has 1 saturated heterocycles. The fraction of sp³-hybridized carbons (Fsp3) is 0.0556. The lowest BCUT2D eigenvalue weighted by Crippen LogP contribution is -2.54. The highest BCUT2D eigenvalue weighted by Crippen LogP contribution is 2.25. The zero-order valence-corrected chi connectivity index (χ0v) is 15.3. The Morgan fingerprint density at radius 1 is 1.12 bits per heavy atom. The maximum atomic E-state index is 12.7. The van der Waals surface area contributed by atoms with Gasteiger partial charge in [-0.15, -0.1) is 0 Å². The number of hydrogen-bond acceptors (Lipinski definition) is 4. The zero-order chi connectivity index (χ0) is 18.1. The minimum absolute atomic E-state index is 0.110. The van der Waals surface area contributed by atoms with Crippen molar-refractivity contribution >= 4 is 52.2 Å². The number of urea groups is 1. The predicted molar refractivity (Wildman–Crippen MR) is 101 cm³/mol. The number of aryl methyl sites for hydroxylation is 1. The van der Waals surface area contributed by atoms with Crippen molar-refractivity contribution in [3.05, 3.63) is 62.7 Å². The molecule has 0 bridgehead atoms. The quantitative estimate of drug-likeness (QED) is 0.420. The maximum Gasteiger partial charge on any atom is 0.335 e. The second-order valence-electron chi connectivity index (χ2n) is 5.51. The number of benzene rings is 2. The lowest BCUT2D eigenvalue weighted by atomic mass is 10.1. The van der Waals surface area contributed by atoms with Crippen molar-refractivity contribution in [2.24, 2.45) is 0 Å². The molecule has 4 amide bonds. The number of carbonyl (C=O) groups excluding carboxylic acids is 3. The van der Waals surface area contributed by atoms with E-state index in [2.05, 4.69) is 5.32 Å². The molecule has 0 saturated carbocycles. The average molecular weight is 448 g/mol. The zero-order valence-electron chi connectivity index (χ0n) is 13.1. The molecule has 0 radical (unpaired) electrons. The van der Waals surface area contributed by atoms with E-state index in [1.54, 1.807) is 30.3 Å². The molecule has 25 heavy (non-hydrogen) atoms. The van der Waals surface area contributed by atoms with Gasteiger partial charge >= 0.3 is 6.03 Å². The maximum absolute atomic E-state index is 12.7. The average Bonchev–Trinajstić information content (AvgIpc) is 2.54. The number of aromatic hydroxyl groups is 1. The number of amides is 4. The predicted octanol–water partition coefficient (Wildman–Crippen LogP) is 2.97. The van der Waals surface area contributed by atoms with E-state index < -0.39 is 17.8 Å². The Labute approximate surface area is 157 Å². The molecule has 1 heterocycles. The monoisotopic (exact) mass is 448 g/mol. The molecule has 2 aromatic carbocycles. The summed E-state index contributed by atoms with van der Waals surface area (Å²) in [7, 11) is 0. The van der Waals surface area contributed by atoms with Gasteiger partial charge in [-0.2, -0.15) is 0 Å². The summed E-state index contributed by atoms with van der Waals surface area (Å²) in [6.45, 7) is 1.84. The molecule has 126 valence electrons. The van der Waals surface area contributed by atoms with Crippen LogP contribution in [0.1, 0.15) is 11.1 Å². The number of nitrogens with zero attached hydrogens (tertiary/aromatic N) is 1. The van der Waals surface area contributed by atoms with Crippen molar-refractivity contribution in [1.82, 2.24) is 5.32 Å². The number of anilines is 1. The molecule has 3 rings (SSSR count). The van der Waals surface area contributed by atoms with Gasteiger partial charge in [0.05, 0.1) is 9.26 Å². The van der Waals surface area contributed by atoms with E-state index in [0.717, 1.165) is 10.5 Å². The Morgan fingerprint density at radius 3 is 2.56 bits per heavy atom. The molecule has 0 spiro atoms. The molecule has 7 heteroatoms. The van der Waals surface area contributed by atoms with Gasteiger partial charge < -0.3 is 5.11 Å². The minimum atomic E-state index is -0.780. The molecule has 0 aromatic heterocycles. The summed E-state index contributed by atoms with van der Waals surface area (Å²) in [5.41, 5.74) is 1.69. The molecule has 2 N–H and O–H groups in total. The van der Waals surface area contributed by atoms with Crippen molar-refractivity contribution in [3.8, 4) is 5.75 Å². The summed E-state index contributed by atoms with van der Waals surface area (Å²) < 4.78 is 0.585. The third-order valence-electron chi connectivity index (χ3n) is 3.64. The van der Waals surface area contributed by atoms with Gasteiger partial charge in [-0.25, -0.2) is 9.69 Å². The van der Waals surface area contributed by atoms with Crippen molar-refractivity contribution < 1.29 is 19.5 Å². The van der Waals surface area contributed by atoms with Gasteiger partial charge in [0, 0.05) is 0 Å². The largest absolute Gasteiger partial charge is 0.507 e. The number of halogens is 1. The van der Waals surface area contributed by atoms with E-state index >= 15 is 0 Å². The lowest BCUT2D eigenvalue weighted by molar-refractivity contribution is -0.122. The first kappa shape index (κ1) is 17.2. The fourth-order valence-corrected chi connectivity index (χ4v) is 2.98. The summed E-state index contributed by atoms with van der Waals surface area (Å²) in [6, 6.07) is 10.8. The first-order chi connectivity index (χ1) is 11.9. The number of rotatable bonds is 2. The molecule has 1 aliphatic rings. The molecule has 1 fully saturated rings. The number of phenolic OH excluding ortho intramolecular Hbond substituents is 1. The third kappa shape index (κ3) is 3.41. The van der Waals surface area contributed by atoms with Gasteiger partial charge in [-0.1, -0.05) is 18.2 Å². The molecular formula is C18H13IN2O4. The van der Waals surface area contributed by atoms with Gasteiger partial charge in [0.15, 0.2) is 0 Å². The second kappa shape index (κ2) is 6.67. The summed E-state index contributed by atoms with van der Waals surface area (Å²) >= 11 is 1.95. The second-order valence-corrected chi connectivity index (χ2v) is 6.67. The SMILES string of the molecule is Cc1cccc(N2C(=O)NC(=O)C(=Cc3ccc(O)c(I)c3)C2=O)c1. The summed E-state index contributed by atoms with van der Waals surface area (Å²) in [5, 5.41) is 11.8. The van der Waals surface area contributed by atoms with Crippen LogP contribution < -0.4 is 10.2 Å². The van der Waals surface area contributed by atoms with Crippen LogP contribution in [0.5, 0.6) is 5.75 Å². The Balaban J connectivity index is 2.03. The molecule has 6 nitrogen and oxygen atoms in total. The van der Waals surface area contributed by atoms with E-state index in [9.17, 15) is 19.5 Å². The van der Waals surface area contributed by atoms with E-state index in [0.29, 0.717) is 14.8 Å². The minimum Gasteiger partial charge on any atom is -0.507 e. The van der Waals surface area contributed by atoms with Crippen LogP contribution >= 0.6 is 22.6 Å². The van der Waals surface area contributed by atoms with E-state index in [1.165, 1.54) is 12.1 Å². The van der Waals surface area contributed by atoms with Gasteiger partial charge in [-0.3, -0.25) is 14.9 Å². The van der Waals surface area contributed by atoms with Gasteiger partial charge in [0.2, 0.25) is 0 Å². The highest BCUT2D eigenvalue weighted by atomic mass is 127. The summed E-state index contributed by atoms with van der Waals surface area (Å²) in [4.78, 5) is 37.9. The molecule has 0 aliphatic carbocycles. The molecule has 2 aromatic rings. The van der Waals surface area contributed by atoms with E-state index in [-0.39, 0.29) is 11.3 Å². The summed E-state index contributed by atoms with van der Waals surface area (Å²) in [5.74, 6) is -1.33. The van der Waals surface area contributed by atoms with Crippen LogP contribution in [0.25, 0.3) is 6.08 Å². The van der Waals surface area contributed by atoms with Crippen LogP contribution in [0.4, 0.5) is 10.5 Å². The summed E-state index contributed by atoms with van der Waals surface area (Å²) in [6.07, 6.45) is 1.40. The van der Waals surface area contributed by atoms with Crippen LogP contribution in [-0.4, -0.2) is 23.0 Å². The first-order valence-corrected chi connectivity index (χ1v) is 8.41. The number of phenols is 1. The highest BCUT2D eigenvalue weighted by Gasteiger charge is 2.36. The van der Waals surface area contributed by atoms with Crippen molar-refractivity contribution in [3.63, 3.8) is 0 Å². The Bertz CT molecular complexity index is 936. The fourth-order valence-electron chi connectivity index (χ4n) is 2.44. The van der Waals surface area contributed by atoms with Crippen LogP contribution in [0.2, 0.25) is 0 Å². The molecular weight excluding hydrogens is 435 g/mol. The number of carbonyl (C=O) groups is 3. The number of hydrogen-bond donors (Lipinski definition) is 2.